The smallest absolute Gasteiger partial charge is 0.338 e. The molecule has 4 nitrogen and oxygen atoms in total. The third-order valence-electron chi connectivity index (χ3n) is 2.79. The summed E-state index contributed by atoms with van der Waals surface area (Å²) in [6, 6.07) is 4.30. The van der Waals surface area contributed by atoms with Crippen LogP contribution in [-0.4, -0.2) is 39.3 Å². The van der Waals surface area contributed by atoms with Gasteiger partial charge in [-0.3, -0.25) is 0 Å². The van der Waals surface area contributed by atoms with Gasteiger partial charge in [-0.2, -0.15) is 0 Å². The maximum atomic E-state index is 13.4. The number of anilines is 1. The maximum Gasteiger partial charge on any atom is 0.338 e. The molecule has 0 radical (unpaired) electrons. The van der Waals surface area contributed by atoms with E-state index in [1.165, 1.54) is 19.2 Å². The lowest BCUT2D eigenvalue weighted by Gasteiger charge is -2.29. The number of ether oxygens (including phenoxy) is 1. The van der Waals surface area contributed by atoms with Gasteiger partial charge in [-0.1, -0.05) is 0 Å². The molecule has 0 saturated carbocycles. The van der Waals surface area contributed by atoms with Crippen molar-refractivity contribution >= 4 is 24.1 Å². The number of halogens is 2. The molecule has 2 rings (SSSR count). The van der Waals surface area contributed by atoms with E-state index in [2.05, 4.69) is 10.1 Å². The molecule has 6 heteroatoms. The van der Waals surface area contributed by atoms with Crippen LogP contribution in [0.4, 0.5) is 10.1 Å². The van der Waals surface area contributed by atoms with E-state index in [1.807, 2.05) is 4.90 Å². The van der Waals surface area contributed by atoms with Crippen LogP contribution in [0.5, 0.6) is 0 Å². The van der Waals surface area contributed by atoms with Crippen molar-refractivity contribution in [2.45, 2.75) is 0 Å². The Balaban J connectivity index is 0.00000162. The molecule has 0 unspecified atom stereocenters. The fourth-order valence-corrected chi connectivity index (χ4v) is 1.92. The SMILES string of the molecule is COC(=O)c1cc(F)cc(N2CCNCC2)c1.Cl. The summed E-state index contributed by atoms with van der Waals surface area (Å²) >= 11 is 0. The number of rotatable bonds is 2. The highest BCUT2D eigenvalue weighted by Crippen LogP contribution is 2.19. The van der Waals surface area contributed by atoms with Crippen molar-refractivity contribution in [2.24, 2.45) is 0 Å². The summed E-state index contributed by atoms with van der Waals surface area (Å²) in [7, 11) is 1.29. The second-order valence-electron chi connectivity index (χ2n) is 3.93. The quantitative estimate of drug-likeness (QED) is 0.829. The van der Waals surface area contributed by atoms with Crippen LogP contribution in [0.2, 0.25) is 0 Å². The first-order valence-electron chi connectivity index (χ1n) is 5.55. The van der Waals surface area contributed by atoms with E-state index in [-0.39, 0.29) is 18.0 Å². The van der Waals surface area contributed by atoms with Crippen molar-refractivity contribution in [3.63, 3.8) is 0 Å². The number of hydrogen-bond acceptors (Lipinski definition) is 4. The summed E-state index contributed by atoms with van der Waals surface area (Å²) in [6.07, 6.45) is 0. The van der Waals surface area contributed by atoms with Gasteiger partial charge in [0.2, 0.25) is 0 Å². The minimum Gasteiger partial charge on any atom is -0.465 e. The van der Waals surface area contributed by atoms with E-state index >= 15 is 0 Å². The molecule has 1 saturated heterocycles. The highest BCUT2D eigenvalue weighted by atomic mass is 35.5. The Morgan fingerprint density at radius 3 is 2.61 bits per heavy atom. The third-order valence-corrected chi connectivity index (χ3v) is 2.79. The molecule has 0 aliphatic carbocycles. The topological polar surface area (TPSA) is 41.6 Å². The zero-order valence-corrected chi connectivity index (χ0v) is 10.9. The first-order valence-corrected chi connectivity index (χ1v) is 5.55. The summed E-state index contributed by atoms with van der Waals surface area (Å²) in [5.41, 5.74) is 0.980. The van der Waals surface area contributed by atoms with Crippen LogP contribution in [0, 0.1) is 5.82 Å². The Morgan fingerprint density at radius 1 is 1.33 bits per heavy atom. The highest BCUT2D eigenvalue weighted by molar-refractivity contribution is 5.90. The fourth-order valence-electron chi connectivity index (χ4n) is 1.92. The minimum absolute atomic E-state index is 0. The first kappa shape index (κ1) is 14.7. The van der Waals surface area contributed by atoms with Crippen LogP contribution in [0.3, 0.4) is 0 Å². The van der Waals surface area contributed by atoms with Crippen LogP contribution in [0.15, 0.2) is 18.2 Å². The van der Waals surface area contributed by atoms with Gasteiger partial charge < -0.3 is 15.0 Å². The van der Waals surface area contributed by atoms with Gasteiger partial charge in [0, 0.05) is 31.9 Å². The van der Waals surface area contributed by atoms with E-state index in [9.17, 15) is 9.18 Å². The van der Waals surface area contributed by atoms with Crippen LogP contribution in [-0.2, 0) is 4.74 Å². The lowest BCUT2D eigenvalue weighted by Crippen LogP contribution is -2.43. The number of carbonyl (C=O) groups excluding carboxylic acids is 1. The predicted molar refractivity (Wildman–Crippen MR) is 70.1 cm³/mol. The predicted octanol–water partition coefficient (Wildman–Crippen LogP) is 1.44. The normalized spacial score (nSPS) is 14.9. The van der Waals surface area contributed by atoms with Gasteiger partial charge in [0.1, 0.15) is 5.82 Å². The Kier molecular flexibility index (Phi) is 5.37. The van der Waals surface area contributed by atoms with Crippen LogP contribution < -0.4 is 10.2 Å². The Morgan fingerprint density at radius 2 is 2.00 bits per heavy atom. The molecule has 18 heavy (non-hydrogen) atoms. The molecule has 0 atom stereocenters. The maximum absolute atomic E-state index is 13.4. The van der Waals surface area contributed by atoms with Gasteiger partial charge in [0.05, 0.1) is 12.7 Å². The van der Waals surface area contributed by atoms with E-state index in [0.717, 1.165) is 31.9 Å². The standard InChI is InChI=1S/C12H15FN2O2.ClH/c1-17-12(16)9-6-10(13)8-11(7-9)15-4-2-14-3-5-15;/h6-8,14H,2-5H2,1H3;1H. The van der Waals surface area contributed by atoms with Crippen LogP contribution in [0.25, 0.3) is 0 Å². The Hall–Kier alpha value is -1.33. The zero-order chi connectivity index (χ0) is 12.3. The van der Waals surface area contributed by atoms with Gasteiger partial charge in [0.25, 0.3) is 0 Å². The summed E-state index contributed by atoms with van der Waals surface area (Å²) in [6.45, 7) is 3.35. The van der Waals surface area contributed by atoms with Gasteiger partial charge in [0.15, 0.2) is 0 Å². The number of nitrogens with one attached hydrogen (secondary N) is 1. The molecule has 1 fully saturated rings. The first-order chi connectivity index (χ1) is 8.20. The Labute approximate surface area is 112 Å². The lowest BCUT2D eigenvalue weighted by atomic mass is 10.1. The third kappa shape index (κ3) is 3.34. The molecule has 0 aromatic heterocycles. The van der Waals surface area contributed by atoms with Crippen molar-refractivity contribution in [3.8, 4) is 0 Å². The molecular formula is C12H16ClFN2O2. The molecule has 1 aliphatic heterocycles. The van der Waals surface area contributed by atoms with Crippen molar-refractivity contribution in [2.75, 3.05) is 38.2 Å². The summed E-state index contributed by atoms with van der Waals surface area (Å²) in [5.74, 6) is -0.928. The van der Waals surface area contributed by atoms with Crippen LogP contribution >= 0.6 is 12.4 Å². The van der Waals surface area contributed by atoms with Crippen LogP contribution in [0.1, 0.15) is 10.4 Å². The highest BCUT2D eigenvalue weighted by Gasteiger charge is 2.14. The van der Waals surface area contributed by atoms with Crippen molar-refractivity contribution in [1.29, 1.82) is 0 Å². The summed E-state index contributed by atoms with van der Waals surface area (Å²) in [4.78, 5) is 13.4. The van der Waals surface area contributed by atoms with Crippen molar-refractivity contribution < 1.29 is 13.9 Å². The average molecular weight is 275 g/mol. The van der Waals surface area contributed by atoms with Gasteiger partial charge in [-0.15, -0.1) is 12.4 Å². The van der Waals surface area contributed by atoms with Gasteiger partial charge in [-0.05, 0) is 18.2 Å². The lowest BCUT2D eigenvalue weighted by molar-refractivity contribution is 0.0600. The molecule has 1 aromatic carbocycles. The summed E-state index contributed by atoms with van der Waals surface area (Å²) < 4.78 is 18.0. The Bertz CT molecular complexity index is 423. The van der Waals surface area contributed by atoms with Crippen molar-refractivity contribution in [3.05, 3.63) is 29.6 Å². The zero-order valence-electron chi connectivity index (χ0n) is 10.1. The molecule has 0 spiro atoms. The molecule has 1 heterocycles. The van der Waals surface area contributed by atoms with E-state index in [0.29, 0.717) is 0 Å². The van der Waals surface area contributed by atoms with E-state index in [4.69, 9.17) is 0 Å². The number of esters is 1. The van der Waals surface area contributed by atoms with Crippen molar-refractivity contribution in [1.82, 2.24) is 5.32 Å². The minimum atomic E-state index is -0.513. The second kappa shape index (κ2) is 6.56. The number of piperazine rings is 1. The molecule has 100 valence electrons. The molecule has 0 amide bonds. The fraction of sp³-hybridized carbons (Fsp3) is 0.417. The van der Waals surface area contributed by atoms with E-state index < -0.39 is 11.8 Å². The number of carbonyl (C=O) groups is 1. The monoisotopic (exact) mass is 274 g/mol. The second-order valence-corrected chi connectivity index (χ2v) is 3.93. The van der Waals surface area contributed by atoms with E-state index in [1.54, 1.807) is 6.07 Å². The average Bonchev–Trinajstić information content (AvgIpc) is 2.38. The van der Waals surface area contributed by atoms with Gasteiger partial charge >= 0.3 is 5.97 Å². The molecule has 1 aliphatic rings. The molecule has 1 aromatic rings. The largest absolute Gasteiger partial charge is 0.465 e. The molecule has 0 bridgehead atoms. The number of benzene rings is 1. The molecular weight excluding hydrogens is 259 g/mol. The number of hydrogen-bond donors (Lipinski definition) is 1. The number of nitrogens with zero attached hydrogens (tertiary/aromatic N) is 1. The number of methoxy groups -OCH3 is 1. The van der Waals surface area contributed by atoms with Gasteiger partial charge in [-0.25, -0.2) is 9.18 Å². The summed E-state index contributed by atoms with van der Waals surface area (Å²) in [5, 5.41) is 3.22. The molecule has 1 N–H and O–H groups in total.